The van der Waals surface area contributed by atoms with Gasteiger partial charge in [0, 0.05) is 45.2 Å². The third-order valence-electron chi connectivity index (χ3n) is 18.3. The molecule has 0 saturated carbocycles. The lowest BCUT2D eigenvalue weighted by molar-refractivity contribution is -0.148. The van der Waals surface area contributed by atoms with Crippen LogP contribution in [0.15, 0.2) is 72.6 Å². The number of carbonyl (C=O) groups is 12. The van der Waals surface area contributed by atoms with Crippen LogP contribution >= 0.6 is 0 Å². The minimum absolute atomic E-state index is 0.0179. The number of rotatable bonds is 19. The molecule has 0 aromatic heterocycles. The summed E-state index contributed by atoms with van der Waals surface area (Å²) in [4.78, 5) is 179. The summed E-state index contributed by atoms with van der Waals surface area (Å²) in [5.74, 6) is -9.47. The van der Waals surface area contributed by atoms with E-state index in [9.17, 15) is 43.2 Å². The van der Waals surface area contributed by atoms with Crippen molar-refractivity contribution < 1.29 is 57.5 Å². The molecule has 0 aliphatic carbocycles. The molecule has 91 heavy (non-hydrogen) atoms. The molecule has 4 saturated heterocycles. The molecule has 2 aromatic carbocycles. The fourth-order valence-corrected chi connectivity index (χ4v) is 12.8. The van der Waals surface area contributed by atoms with Gasteiger partial charge in [0.15, 0.2) is 0 Å². The van der Waals surface area contributed by atoms with Crippen molar-refractivity contribution in [2.45, 2.75) is 199 Å². The Morgan fingerprint density at radius 3 is 1.60 bits per heavy atom. The van der Waals surface area contributed by atoms with Crippen molar-refractivity contribution in [2.75, 3.05) is 32.7 Å². The Bertz CT molecular complexity index is 3000. The van der Waals surface area contributed by atoms with E-state index in [2.05, 4.69) is 42.5 Å². The highest BCUT2D eigenvalue weighted by Gasteiger charge is 2.47. The zero-order valence-corrected chi connectivity index (χ0v) is 53.9. The highest BCUT2D eigenvalue weighted by atomic mass is 16.2. The smallest absolute Gasteiger partial charge is 0.272 e. The van der Waals surface area contributed by atoms with Crippen molar-refractivity contribution in [2.24, 2.45) is 29.4 Å². The van der Waals surface area contributed by atoms with E-state index in [1.807, 2.05) is 76.2 Å². The quantitative estimate of drug-likeness (QED) is 0.0956. The molecule has 7 rings (SSSR count). The van der Waals surface area contributed by atoms with Crippen molar-refractivity contribution in [3.8, 4) is 0 Å². The molecule has 0 bridgehead atoms. The van der Waals surface area contributed by atoms with Crippen LogP contribution < -0.4 is 48.3 Å². The number of hydrogen-bond acceptors (Lipinski definition) is 13. The van der Waals surface area contributed by atoms with Gasteiger partial charge in [-0.1, -0.05) is 129 Å². The van der Waals surface area contributed by atoms with Gasteiger partial charge in [0.1, 0.15) is 66.1 Å². The summed E-state index contributed by atoms with van der Waals surface area (Å²) in [5, 5.41) is 22.7. The number of carbonyl (C=O) groups excluding carboxylic acids is 12. The summed E-state index contributed by atoms with van der Waals surface area (Å²) in [6, 6.07) is 6.74. The predicted octanol–water partition coefficient (Wildman–Crippen LogP) is 1.19. The van der Waals surface area contributed by atoms with Crippen molar-refractivity contribution in [1.29, 1.82) is 0 Å². The van der Waals surface area contributed by atoms with Crippen LogP contribution in [0.3, 0.4) is 0 Å². The fourth-order valence-electron chi connectivity index (χ4n) is 12.8. The van der Waals surface area contributed by atoms with Crippen LogP contribution in [0.4, 0.5) is 0 Å². The lowest BCUT2D eigenvalue weighted by atomic mass is 9.94. The summed E-state index contributed by atoms with van der Waals surface area (Å²) in [6.45, 7) is 14.4. The summed E-state index contributed by atoms with van der Waals surface area (Å²) in [5.41, 5.74) is 6.33. The molecule has 5 heterocycles. The maximum Gasteiger partial charge on any atom is 0.272 e. The van der Waals surface area contributed by atoms with Gasteiger partial charge in [-0.2, -0.15) is 0 Å². The molecule has 2 aromatic rings. The van der Waals surface area contributed by atoms with Crippen molar-refractivity contribution in [3.05, 3.63) is 83.7 Å². The first-order chi connectivity index (χ1) is 43.4. The molecule has 25 nitrogen and oxygen atoms in total. The van der Waals surface area contributed by atoms with Crippen LogP contribution in [-0.4, -0.2) is 184 Å². The van der Waals surface area contributed by atoms with Crippen molar-refractivity contribution >= 4 is 70.9 Å². The number of amides is 12. The van der Waals surface area contributed by atoms with E-state index >= 15 is 14.4 Å². The largest absolute Gasteiger partial charge is 0.378 e. The number of likely N-dealkylation sites (tertiary alicyclic amines) is 1. The second kappa shape index (κ2) is 32.6. The first-order valence-electron chi connectivity index (χ1n) is 32.6. The van der Waals surface area contributed by atoms with E-state index in [0.717, 1.165) is 5.56 Å². The Balaban J connectivity index is 1.25. The van der Waals surface area contributed by atoms with Gasteiger partial charge < -0.3 is 67.9 Å². The van der Waals surface area contributed by atoms with Crippen LogP contribution in [0.2, 0.25) is 0 Å². The molecule has 12 atom stereocenters. The van der Waals surface area contributed by atoms with Gasteiger partial charge in [0.05, 0.1) is 6.54 Å². The Labute approximate surface area is 533 Å². The molecule has 5 aliphatic heterocycles. The highest BCUT2D eigenvalue weighted by molar-refractivity contribution is 6.03. The summed E-state index contributed by atoms with van der Waals surface area (Å²) in [6.07, 6.45) is 4.90. The lowest BCUT2D eigenvalue weighted by Gasteiger charge is -2.34. The zero-order valence-electron chi connectivity index (χ0n) is 53.9. The molecular formula is C66H95N13O12. The zero-order chi connectivity index (χ0) is 66.2. The molecule has 10 N–H and O–H groups in total. The van der Waals surface area contributed by atoms with Crippen molar-refractivity contribution in [3.63, 3.8) is 0 Å². The van der Waals surface area contributed by atoms with E-state index in [-0.39, 0.29) is 77.0 Å². The predicted molar refractivity (Wildman–Crippen MR) is 337 cm³/mol. The molecule has 5 aliphatic rings. The summed E-state index contributed by atoms with van der Waals surface area (Å²) >= 11 is 0. The van der Waals surface area contributed by atoms with Crippen LogP contribution in [-0.2, 0) is 70.4 Å². The second-order valence-electron chi connectivity index (χ2n) is 25.8. The van der Waals surface area contributed by atoms with E-state index in [1.165, 1.54) is 25.8 Å². The lowest BCUT2D eigenvalue weighted by Crippen LogP contribution is -2.60. The molecule has 12 amide bonds. The number of nitrogens with one attached hydrogen (secondary N) is 8. The monoisotopic (exact) mass is 1260 g/mol. The Morgan fingerprint density at radius 1 is 0.560 bits per heavy atom. The number of primary amides is 1. The average Bonchev–Trinajstić information content (AvgIpc) is 1.84. The third kappa shape index (κ3) is 18.0. The number of hydrogen-bond donors (Lipinski definition) is 9. The van der Waals surface area contributed by atoms with Gasteiger partial charge >= 0.3 is 0 Å². The van der Waals surface area contributed by atoms with Gasteiger partial charge in [0.25, 0.3) is 5.91 Å². The summed E-state index contributed by atoms with van der Waals surface area (Å²) in [7, 11) is 0. The van der Waals surface area contributed by atoms with Gasteiger partial charge in [-0.15, -0.1) is 0 Å². The van der Waals surface area contributed by atoms with Gasteiger partial charge in [-0.05, 0) is 92.6 Å². The van der Waals surface area contributed by atoms with Gasteiger partial charge in [-0.3, -0.25) is 57.5 Å². The molecule has 0 spiro atoms. The van der Waals surface area contributed by atoms with Crippen molar-refractivity contribution in [1.82, 2.24) is 62.1 Å². The minimum Gasteiger partial charge on any atom is -0.378 e. The SMILES string of the molecule is CCC(C)C(NC(=O)C(NC(=O)C1CCCN1C(=O)C1=CNC(CC(C)C)C(=O)N2CCCC2C(=O)NC(Cc2ccccc2)C(=O)NC(Cc2ccccc2)C(=O)N2CCCC2C(=O)N2CCCC2C(=O)NC(C(C)C)C(=O)N1)C(C)CC)C(=O)NCC(N)=O. The first kappa shape index (κ1) is 70.1. The maximum absolute atomic E-state index is 15.3. The third-order valence-corrected chi connectivity index (χ3v) is 18.3. The maximum atomic E-state index is 15.3. The molecule has 25 heteroatoms. The van der Waals surface area contributed by atoms with E-state index in [4.69, 9.17) is 5.73 Å². The van der Waals surface area contributed by atoms with Crippen LogP contribution in [0.1, 0.15) is 137 Å². The number of benzene rings is 2. The summed E-state index contributed by atoms with van der Waals surface area (Å²) < 4.78 is 0. The number of nitrogens with zero attached hydrogens (tertiary/aromatic N) is 4. The van der Waals surface area contributed by atoms with Gasteiger partial charge in [-0.25, -0.2) is 0 Å². The average molecular weight is 1260 g/mol. The van der Waals surface area contributed by atoms with E-state index < -0.39 is 161 Å². The molecule has 4 fully saturated rings. The first-order valence-corrected chi connectivity index (χ1v) is 32.6. The molecule has 496 valence electrons. The van der Waals surface area contributed by atoms with Crippen LogP contribution in [0.25, 0.3) is 0 Å². The fraction of sp³-hybridized carbons (Fsp3) is 0.606. The minimum atomic E-state index is -1.31. The van der Waals surface area contributed by atoms with Gasteiger partial charge in [0.2, 0.25) is 65.0 Å². The molecular weight excluding hydrogens is 1170 g/mol. The number of nitrogens with two attached hydrogens (primary N) is 1. The Morgan fingerprint density at radius 2 is 1.05 bits per heavy atom. The van der Waals surface area contributed by atoms with E-state index in [1.54, 1.807) is 39.8 Å². The second-order valence-corrected chi connectivity index (χ2v) is 25.8. The molecule has 0 radical (unpaired) electrons. The standard InChI is InChI=1S/C66H95N13O12/c1-9-40(7)54(60(85)69-37-52(67)80)75-62(87)55(41(8)10-2)74-59(84)49-26-18-30-77(49)65(90)47-36-68-45(33-38(3)4)63(88)76-29-17-25-48(76)57(82)70-44(34-42-21-13-11-14-22-42)56(81)71-46(35-43-23-15-12-16-24-43)64(89)79-32-20-28-51(79)66(91)78-31-19-27-50(78)58(83)73-53(39(5)6)61(86)72-47/h11-16,21-24,36,38-41,44-46,48-51,53-55,68H,9-10,17-20,25-35,37H2,1-8H3,(H2,67,80)(H,69,85)(H,70,82)(H,71,81)(H,72,86)(H,73,83)(H,74,84)(H,75,87). The Kier molecular flexibility index (Phi) is 25.1. The van der Waals surface area contributed by atoms with E-state index in [0.29, 0.717) is 44.1 Å². The van der Waals surface area contributed by atoms with Crippen LogP contribution in [0, 0.1) is 23.7 Å². The Hall–Kier alpha value is -8.38. The normalized spacial score (nSPS) is 25.3. The van der Waals surface area contributed by atoms with Crippen LogP contribution in [0.5, 0.6) is 0 Å². The topological polar surface area (TPSA) is 340 Å². The highest BCUT2D eigenvalue weighted by Crippen LogP contribution is 2.28. The number of fused-ring (bicyclic) bond motifs is 3. The molecule has 12 unspecified atom stereocenters.